The molecule has 0 aliphatic rings. The number of rotatable bonds is 5. The number of phenols is 1. The molecular weight excluding hydrogens is 597 g/mol. The van der Waals surface area contributed by atoms with Gasteiger partial charge in [-0.3, -0.25) is 4.98 Å². The largest absolute Gasteiger partial charge is 0.507 e. The van der Waals surface area contributed by atoms with Crippen LogP contribution in [0, 0.1) is 0 Å². The number of para-hydroxylation sites is 1. The first-order valence-corrected chi connectivity index (χ1v) is 17.2. The molecule has 0 saturated carbocycles. The molecule has 6 aromatic rings. The fourth-order valence-electron chi connectivity index (χ4n) is 6.10. The molecule has 0 saturated heterocycles. The molecule has 1 N–H and O–H groups in total. The van der Waals surface area contributed by atoms with Gasteiger partial charge in [-0.2, -0.15) is 0 Å². The SMILES string of the molecule is CC(C)(C)c1ccc(-c2ccnc(-c3cccc(-c4cc(-c5cc(C(C)(C)C)cc(C(C)(C)C)c5)cc(-c5ccccc5O)n4)c3)c2)cc1. The average Bonchev–Trinajstić information content (AvgIpc) is 3.07. The number of nitrogens with zero attached hydrogens (tertiary/aromatic N) is 2. The van der Waals surface area contributed by atoms with Gasteiger partial charge >= 0.3 is 0 Å². The van der Waals surface area contributed by atoms with E-state index in [1.165, 1.54) is 22.3 Å². The molecule has 0 spiro atoms. The first-order valence-electron chi connectivity index (χ1n) is 17.2. The number of aromatic nitrogens is 2. The molecule has 3 nitrogen and oxygen atoms in total. The number of aromatic hydroxyl groups is 1. The van der Waals surface area contributed by atoms with Crippen LogP contribution < -0.4 is 0 Å². The van der Waals surface area contributed by atoms with E-state index in [1.54, 1.807) is 6.07 Å². The van der Waals surface area contributed by atoms with Crippen LogP contribution in [-0.2, 0) is 16.2 Å². The Balaban J connectivity index is 1.47. The minimum absolute atomic E-state index is 0.0170. The van der Waals surface area contributed by atoms with E-state index in [0.717, 1.165) is 44.9 Å². The average molecular weight is 645 g/mol. The lowest BCUT2D eigenvalue weighted by atomic mass is 9.79. The third-order valence-electron chi connectivity index (χ3n) is 9.30. The van der Waals surface area contributed by atoms with Gasteiger partial charge in [0.25, 0.3) is 0 Å². The zero-order valence-corrected chi connectivity index (χ0v) is 30.4. The van der Waals surface area contributed by atoms with Crippen molar-refractivity contribution in [2.45, 2.75) is 78.6 Å². The Bertz CT molecular complexity index is 2090. The van der Waals surface area contributed by atoms with Gasteiger partial charge in [0.15, 0.2) is 0 Å². The van der Waals surface area contributed by atoms with Gasteiger partial charge in [-0.05, 0) is 97.7 Å². The van der Waals surface area contributed by atoms with Crippen LogP contribution in [0.15, 0.2) is 121 Å². The summed E-state index contributed by atoms with van der Waals surface area (Å²) in [6.45, 7) is 20.3. The fourth-order valence-corrected chi connectivity index (χ4v) is 6.10. The van der Waals surface area contributed by atoms with Crippen LogP contribution in [0.5, 0.6) is 5.75 Å². The van der Waals surface area contributed by atoms with Gasteiger partial charge in [0.05, 0.1) is 17.1 Å². The molecule has 3 heteroatoms. The summed E-state index contributed by atoms with van der Waals surface area (Å²) in [6, 6.07) is 40.2. The van der Waals surface area contributed by atoms with Crippen LogP contribution in [0.4, 0.5) is 0 Å². The highest BCUT2D eigenvalue weighted by atomic mass is 16.3. The number of pyridine rings is 2. The lowest BCUT2D eigenvalue weighted by Crippen LogP contribution is -2.16. The third kappa shape index (κ3) is 7.52. The molecule has 0 amide bonds. The Morgan fingerprint density at radius 2 is 0.959 bits per heavy atom. The van der Waals surface area contributed by atoms with Gasteiger partial charge < -0.3 is 5.11 Å². The molecule has 0 radical (unpaired) electrons. The van der Waals surface area contributed by atoms with E-state index in [4.69, 9.17) is 9.97 Å². The Kier molecular flexibility index (Phi) is 8.83. The monoisotopic (exact) mass is 644 g/mol. The van der Waals surface area contributed by atoms with Crippen LogP contribution in [0.2, 0.25) is 0 Å². The second kappa shape index (κ2) is 12.8. The van der Waals surface area contributed by atoms with Crippen molar-refractivity contribution in [2.24, 2.45) is 0 Å². The van der Waals surface area contributed by atoms with E-state index in [2.05, 4.69) is 153 Å². The van der Waals surface area contributed by atoms with Crippen LogP contribution in [0.3, 0.4) is 0 Å². The van der Waals surface area contributed by atoms with E-state index in [-0.39, 0.29) is 22.0 Å². The van der Waals surface area contributed by atoms with Crippen LogP contribution in [0.25, 0.3) is 56.0 Å². The van der Waals surface area contributed by atoms with Gasteiger partial charge in [-0.25, -0.2) is 4.98 Å². The van der Waals surface area contributed by atoms with Crippen molar-refractivity contribution in [1.29, 1.82) is 0 Å². The molecule has 0 atom stereocenters. The summed E-state index contributed by atoms with van der Waals surface area (Å²) >= 11 is 0. The third-order valence-corrected chi connectivity index (χ3v) is 9.30. The summed E-state index contributed by atoms with van der Waals surface area (Å²) in [5.41, 5.74) is 13.7. The summed E-state index contributed by atoms with van der Waals surface area (Å²) in [4.78, 5) is 9.93. The molecule has 6 rings (SSSR count). The summed E-state index contributed by atoms with van der Waals surface area (Å²) < 4.78 is 0. The van der Waals surface area contributed by atoms with E-state index in [9.17, 15) is 5.11 Å². The molecular formula is C46H48N2O. The molecule has 49 heavy (non-hydrogen) atoms. The van der Waals surface area contributed by atoms with Gasteiger partial charge in [0.1, 0.15) is 5.75 Å². The minimum Gasteiger partial charge on any atom is -0.507 e. The van der Waals surface area contributed by atoms with Crippen molar-refractivity contribution >= 4 is 0 Å². The summed E-state index contributed by atoms with van der Waals surface area (Å²) in [6.07, 6.45) is 1.89. The maximum absolute atomic E-state index is 10.9. The quantitative estimate of drug-likeness (QED) is 0.203. The zero-order valence-electron chi connectivity index (χ0n) is 30.4. The summed E-state index contributed by atoms with van der Waals surface area (Å²) in [5.74, 6) is 0.210. The number of hydrogen-bond acceptors (Lipinski definition) is 3. The van der Waals surface area contributed by atoms with Gasteiger partial charge in [0, 0.05) is 22.9 Å². The summed E-state index contributed by atoms with van der Waals surface area (Å²) in [7, 11) is 0. The van der Waals surface area contributed by atoms with Crippen molar-refractivity contribution < 1.29 is 5.11 Å². The van der Waals surface area contributed by atoms with Crippen molar-refractivity contribution in [1.82, 2.24) is 9.97 Å². The maximum atomic E-state index is 10.9. The molecule has 0 fully saturated rings. The molecule has 2 aromatic heterocycles. The van der Waals surface area contributed by atoms with Crippen molar-refractivity contribution in [3.8, 4) is 61.8 Å². The number of benzene rings is 4. The molecule has 0 bridgehead atoms. The van der Waals surface area contributed by atoms with E-state index in [0.29, 0.717) is 5.56 Å². The molecule has 2 heterocycles. The molecule has 0 unspecified atom stereocenters. The van der Waals surface area contributed by atoms with Crippen LogP contribution in [-0.4, -0.2) is 15.1 Å². The Morgan fingerprint density at radius 3 is 1.57 bits per heavy atom. The number of hydrogen-bond donors (Lipinski definition) is 1. The van der Waals surface area contributed by atoms with Crippen LogP contribution in [0.1, 0.15) is 79.0 Å². The van der Waals surface area contributed by atoms with Crippen LogP contribution >= 0.6 is 0 Å². The van der Waals surface area contributed by atoms with Gasteiger partial charge in [0.2, 0.25) is 0 Å². The fraction of sp³-hybridized carbons (Fsp3) is 0.261. The Hall–Kier alpha value is -5.02. The Labute approximate surface area is 292 Å². The second-order valence-electron chi connectivity index (χ2n) is 16.3. The minimum atomic E-state index is -0.0170. The van der Waals surface area contributed by atoms with E-state index >= 15 is 0 Å². The Morgan fingerprint density at radius 1 is 0.408 bits per heavy atom. The van der Waals surface area contributed by atoms with E-state index in [1.807, 2.05) is 24.4 Å². The first-order chi connectivity index (χ1) is 23.1. The molecule has 4 aromatic carbocycles. The predicted molar refractivity (Wildman–Crippen MR) is 207 cm³/mol. The maximum Gasteiger partial charge on any atom is 0.124 e. The number of phenolic OH excluding ortho intramolecular Hbond substituents is 1. The van der Waals surface area contributed by atoms with Gasteiger partial charge in [-0.15, -0.1) is 0 Å². The van der Waals surface area contributed by atoms with Gasteiger partial charge in [-0.1, -0.05) is 135 Å². The second-order valence-corrected chi connectivity index (χ2v) is 16.3. The smallest absolute Gasteiger partial charge is 0.124 e. The molecule has 0 aliphatic heterocycles. The topological polar surface area (TPSA) is 46.0 Å². The standard InChI is InChI=1S/C46H48N2O/c1-44(2,3)36-19-17-30(18-20-36)31-21-22-47-40(26-31)32-13-12-14-33(23-32)41-27-35(28-42(48-41)39-15-10-11-16-43(39)49)34-24-37(45(4,5)6)29-38(25-34)46(7,8)9/h10-29,49H,1-9H3. The highest BCUT2D eigenvalue weighted by Gasteiger charge is 2.22. The van der Waals surface area contributed by atoms with Crippen molar-refractivity contribution in [3.05, 3.63) is 138 Å². The highest BCUT2D eigenvalue weighted by Crippen LogP contribution is 2.38. The van der Waals surface area contributed by atoms with Crippen molar-refractivity contribution in [3.63, 3.8) is 0 Å². The van der Waals surface area contributed by atoms with Crippen molar-refractivity contribution in [2.75, 3.05) is 0 Å². The first kappa shape index (κ1) is 33.9. The highest BCUT2D eigenvalue weighted by molar-refractivity contribution is 5.81. The summed E-state index contributed by atoms with van der Waals surface area (Å²) in [5, 5.41) is 10.9. The molecule has 248 valence electrons. The zero-order chi connectivity index (χ0) is 35.1. The lowest BCUT2D eigenvalue weighted by molar-refractivity contribution is 0.477. The predicted octanol–water partition coefficient (Wildman–Crippen LogP) is 12.4. The lowest BCUT2D eigenvalue weighted by Gasteiger charge is -2.26. The van der Waals surface area contributed by atoms with E-state index < -0.39 is 0 Å². The normalized spacial score (nSPS) is 12.3. The molecule has 0 aliphatic carbocycles.